The molecule has 104 heavy (non-hydrogen) atoms. The number of halogens is 12. The largest absolute Gasteiger partial charge is 0.462 e. The zero-order chi connectivity index (χ0) is 74.2. The number of carbonyl (C=O) groups excluding carboxylic acids is 4. The Balaban J connectivity index is 0.000000139. The standard InChI is InChI=1S/4C20H16BrCl2NO2/c3*1-10-18-15(20(25)26-10)6-5-14(13-4-3-12(22)8-16(13)23)19(18)17-7-2-11(21)9-24-17;1-14(6-10-18-11-8-16(21)13-24-18)26-20(25)5-3-2-4-15-7-9-17(22)12-19(15)23/h2-4,6-10,14,18-19H,5H2,1H3;2*2-10,14-15,18-19H,1H3;2-14H,1H3/b;;;4-2+,5-3+,10-6-/t10-,14+,18-,19-;10-,14+,15-,18-,19-;10-,14-,15-,18-,19-;14-/m1111/s1. The highest BCUT2D eigenvalue weighted by Gasteiger charge is 2.53. The number of cyclic esters (lactones) is 3. The van der Waals surface area contributed by atoms with Crippen LogP contribution in [0.3, 0.4) is 0 Å². The summed E-state index contributed by atoms with van der Waals surface area (Å²) in [6, 6.07) is 37.6. The number of nitrogens with zero attached hydrogens (tertiary/aromatic N) is 4. The lowest BCUT2D eigenvalue weighted by molar-refractivity contribution is -0.143. The first-order chi connectivity index (χ1) is 49.8. The molecule has 0 bridgehead atoms. The van der Waals surface area contributed by atoms with Crippen LogP contribution in [0.2, 0.25) is 40.2 Å². The Morgan fingerprint density at radius 2 is 0.913 bits per heavy atom. The number of aromatic nitrogens is 4. The molecule has 24 heteroatoms. The smallest absolute Gasteiger partial charge is 0.334 e. The number of benzene rings is 4. The average Bonchev–Trinajstić information content (AvgIpc) is 1.53. The maximum absolute atomic E-state index is 12.3. The lowest BCUT2D eigenvalue weighted by Crippen LogP contribution is -2.32. The molecule has 0 amide bonds. The number of hydrogen-bond acceptors (Lipinski definition) is 12. The molecule has 12 nitrogen and oxygen atoms in total. The van der Waals surface area contributed by atoms with Crippen LogP contribution in [0.25, 0.3) is 12.2 Å². The summed E-state index contributed by atoms with van der Waals surface area (Å²) in [7, 11) is 0. The molecule has 15 atom stereocenters. The van der Waals surface area contributed by atoms with E-state index in [1.807, 2.05) is 124 Å². The predicted molar refractivity (Wildman–Crippen MR) is 428 cm³/mol. The number of carbonyl (C=O) groups is 4. The van der Waals surface area contributed by atoms with Crippen LogP contribution in [-0.4, -0.2) is 68.2 Å². The first kappa shape index (κ1) is 79.1. The van der Waals surface area contributed by atoms with Crippen LogP contribution in [-0.2, 0) is 38.1 Å². The van der Waals surface area contributed by atoms with Gasteiger partial charge in [0.1, 0.15) is 24.4 Å². The monoisotopic (exact) mass is 1800 g/mol. The van der Waals surface area contributed by atoms with E-state index in [9.17, 15) is 19.2 Å². The highest BCUT2D eigenvalue weighted by molar-refractivity contribution is 9.11. The molecule has 3 aliphatic heterocycles. The van der Waals surface area contributed by atoms with Gasteiger partial charge in [0.15, 0.2) is 0 Å². The van der Waals surface area contributed by atoms with E-state index in [2.05, 4.69) is 95.8 Å². The summed E-state index contributed by atoms with van der Waals surface area (Å²) in [4.78, 5) is 66.7. The molecule has 0 radical (unpaired) electrons. The number of esters is 4. The molecular weight excluding hydrogens is 1750 g/mol. The maximum atomic E-state index is 12.3. The van der Waals surface area contributed by atoms with E-state index in [0.717, 1.165) is 68.5 Å². The Bertz CT molecular complexity index is 4480. The molecule has 536 valence electrons. The number of hydrogen-bond donors (Lipinski definition) is 0. The Hall–Kier alpha value is -5.96. The molecule has 8 aromatic rings. The fourth-order valence-corrected chi connectivity index (χ4v) is 17.4. The van der Waals surface area contributed by atoms with Gasteiger partial charge >= 0.3 is 23.9 Å². The Kier molecular flexibility index (Phi) is 27.3. The van der Waals surface area contributed by atoms with Gasteiger partial charge in [0, 0.05) is 159 Å². The van der Waals surface area contributed by atoms with Crippen LogP contribution in [0, 0.1) is 29.6 Å². The molecule has 3 fully saturated rings. The summed E-state index contributed by atoms with van der Waals surface area (Å²) in [6.45, 7) is 7.63. The molecule has 0 spiro atoms. The molecule has 3 aliphatic carbocycles. The normalized spacial score (nSPS) is 25.2. The fraction of sp³-hybridized carbons (Fsp3) is 0.250. The van der Waals surface area contributed by atoms with Gasteiger partial charge in [-0.05, 0) is 235 Å². The Labute approximate surface area is 677 Å². The quantitative estimate of drug-likeness (QED) is 0.0375. The SMILES string of the molecule is C[C@H](/C=C\c1ccc(Br)cn1)OC(=O)/C=C/C=C/c1ccc(Cl)cc1Cl.C[C@H]1OC(=O)C2=CC[C@@H](c3ccc(Cl)cc3Cl)[C@H](c3ccc(Br)cn3)[C@@H]21.C[C@H]1OC(=O)[C@@H]2C=C[C@@H](c3ccc(Cl)cc3Cl)[C@H](c3ccc(Br)cn3)[C@H]12.C[C@H]1OC(=O)[C@@H]2C=C[C@H](c3ccc(Cl)cc3Cl)[C@H](c3ccc(Br)cn3)[C@H]12. The summed E-state index contributed by atoms with van der Waals surface area (Å²) in [6.07, 6.45) is 26.9. The van der Waals surface area contributed by atoms with Crippen LogP contribution in [0.1, 0.15) is 115 Å². The van der Waals surface area contributed by atoms with E-state index in [-0.39, 0.29) is 107 Å². The summed E-state index contributed by atoms with van der Waals surface area (Å²) in [5.41, 5.74) is 8.12. The topological polar surface area (TPSA) is 157 Å². The van der Waals surface area contributed by atoms with Crippen LogP contribution in [0.5, 0.6) is 0 Å². The van der Waals surface area contributed by atoms with E-state index < -0.39 is 5.97 Å². The zero-order valence-electron chi connectivity index (χ0n) is 55.7. The molecule has 0 N–H and O–H groups in total. The van der Waals surface area contributed by atoms with Gasteiger partial charge in [-0.1, -0.05) is 166 Å². The van der Waals surface area contributed by atoms with E-state index in [0.29, 0.717) is 46.6 Å². The lowest BCUT2D eigenvalue weighted by Gasteiger charge is -2.36. The van der Waals surface area contributed by atoms with Gasteiger partial charge in [0.25, 0.3) is 0 Å². The van der Waals surface area contributed by atoms with Crippen LogP contribution < -0.4 is 0 Å². The van der Waals surface area contributed by atoms with Gasteiger partial charge in [-0.15, -0.1) is 0 Å². The van der Waals surface area contributed by atoms with Crippen molar-refractivity contribution < 1.29 is 38.1 Å². The second-order valence-electron chi connectivity index (χ2n) is 25.5. The molecular formula is C80H64Br4Cl8N4O8. The number of fused-ring (bicyclic) bond motifs is 3. The van der Waals surface area contributed by atoms with Crippen LogP contribution in [0.15, 0.2) is 224 Å². The van der Waals surface area contributed by atoms with Crippen molar-refractivity contribution in [1.29, 1.82) is 0 Å². The lowest BCUT2D eigenvalue weighted by atomic mass is 9.66. The van der Waals surface area contributed by atoms with E-state index in [1.165, 1.54) is 6.08 Å². The van der Waals surface area contributed by atoms with Gasteiger partial charge in [0.2, 0.25) is 0 Å². The predicted octanol–water partition coefficient (Wildman–Crippen LogP) is 23.8. The average molecular weight is 1810 g/mol. The summed E-state index contributed by atoms with van der Waals surface area (Å²) in [5.74, 6) is -1.44. The van der Waals surface area contributed by atoms with Crippen LogP contribution >= 0.6 is 157 Å². The molecule has 14 rings (SSSR count). The van der Waals surface area contributed by atoms with Crippen molar-refractivity contribution >= 4 is 193 Å². The van der Waals surface area contributed by atoms with Gasteiger partial charge in [-0.25, -0.2) is 9.59 Å². The third-order valence-electron chi connectivity index (χ3n) is 19.0. The molecule has 6 aliphatic rings. The number of pyridine rings is 4. The van der Waals surface area contributed by atoms with Crippen molar-refractivity contribution in [1.82, 2.24) is 19.9 Å². The first-order valence-electron chi connectivity index (χ1n) is 33.0. The Morgan fingerprint density at radius 3 is 1.36 bits per heavy atom. The highest BCUT2D eigenvalue weighted by atomic mass is 79.9. The van der Waals surface area contributed by atoms with Gasteiger partial charge in [0.05, 0.1) is 17.5 Å². The van der Waals surface area contributed by atoms with Gasteiger partial charge in [-0.2, -0.15) is 0 Å². The van der Waals surface area contributed by atoms with Crippen LogP contribution in [0.4, 0.5) is 0 Å². The zero-order valence-corrected chi connectivity index (χ0v) is 68.1. The summed E-state index contributed by atoms with van der Waals surface area (Å²) in [5, 5.41) is 4.80. The molecule has 7 heterocycles. The highest BCUT2D eigenvalue weighted by Crippen LogP contribution is 2.56. The third kappa shape index (κ3) is 19.1. The fourth-order valence-electron chi connectivity index (χ4n) is 14.4. The van der Waals surface area contributed by atoms with Gasteiger partial charge in [-0.3, -0.25) is 29.5 Å². The summed E-state index contributed by atoms with van der Waals surface area (Å²) >= 11 is 63.3. The van der Waals surface area contributed by atoms with Crippen molar-refractivity contribution in [2.75, 3.05) is 0 Å². The summed E-state index contributed by atoms with van der Waals surface area (Å²) < 4.78 is 25.5. The number of ether oxygens (including phenoxy) is 4. The van der Waals surface area contributed by atoms with E-state index >= 15 is 0 Å². The third-order valence-corrected chi connectivity index (χ3v) is 23.1. The molecule has 0 unspecified atom stereocenters. The van der Waals surface area contributed by atoms with E-state index in [1.54, 1.807) is 98.5 Å². The Morgan fingerprint density at radius 1 is 0.481 bits per heavy atom. The second kappa shape index (κ2) is 35.8. The van der Waals surface area contributed by atoms with Gasteiger partial charge < -0.3 is 18.9 Å². The minimum atomic E-state index is -0.433. The maximum Gasteiger partial charge on any atom is 0.334 e. The molecule has 4 aromatic heterocycles. The second-order valence-corrected chi connectivity index (χ2v) is 32.6. The van der Waals surface area contributed by atoms with Crippen molar-refractivity contribution in [3.63, 3.8) is 0 Å². The minimum absolute atomic E-state index is 0.00299. The molecule has 4 aromatic carbocycles. The number of rotatable bonds is 12. The van der Waals surface area contributed by atoms with Crippen molar-refractivity contribution in [3.8, 4) is 0 Å². The number of allylic oxidation sites excluding steroid dienone is 5. The van der Waals surface area contributed by atoms with Crippen molar-refractivity contribution in [2.45, 2.75) is 94.0 Å². The first-order valence-corrected chi connectivity index (χ1v) is 39.2. The van der Waals surface area contributed by atoms with E-state index in [4.69, 9.17) is 112 Å². The minimum Gasteiger partial charge on any atom is -0.462 e. The van der Waals surface area contributed by atoms with Crippen molar-refractivity contribution in [2.24, 2.45) is 29.6 Å². The molecule has 0 saturated carbocycles. The molecule has 3 saturated heterocycles. The van der Waals surface area contributed by atoms with Crippen molar-refractivity contribution in [3.05, 3.63) is 309 Å².